The van der Waals surface area contributed by atoms with Crippen LogP contribution in [0.4, 0.5) is 10.1 Å². The molecule has 0 saturated heterocycles. The molecule has 0 aliphatic rings. The molecule has 0 heterocycles. The summed E-state index contributed by atoms with van der Waals surface area (Å²) in [6, 6.07) is 11.1. The lowest BCUT2D eigenvalue weighted by Crippen LogP contribution is -2.30. The lowest BCUT2D eigenvalue weighted by molar-refractivity contribution is -0.117. The van der Waals surface area contributed by atoms with Crippen molar-refractivity contribution in [1.29, 1.82) is 0 Å². The van der Waals surface area contributed by atoms with Crippen LogP contribution in [-0.4, -0.2) is 37.5 Å². The molecule has 0 aromatic heterocycles. The second-order valence-electron chi connectivity index (χ2n) is 5.53. The SMILES string of the molecule is COC(=O)c1ccc(NC(=O)CN(C)Cc2cc(Br)ccc2F)cc1. The molecule has 2 aromatic carbocycles. The molecule has 1 N–H and O–H groups in total. The summed E-state index contributed by atoms with van der Waals surface area (Å²) in [7, 11) is 3.04. The Bertz CT molecular complexity index is 765. The number of anilines is 1. The van der Waals surface area contributed by atoms with Gasteiger partial charge >= 0.3 is 5.97 Å². The van der Waals surface area contributed by atoms with Crippen LogP contribution >= 0.6 is 15.9 Å². The summed E-state index contributed by atoms with van der Waals surface area (Å²) < 4.78 is 19.2. The fraction of sp³-hybridized carbons (Fsp3) is 0.222. The third kappa shape index (κ3) is 5.65. The quantitative estimate of drug-likeness (QED) is 0.743. The van der Waals surface area contributed by atoms with Crippen molar-refractivity contribution in [2.45, 2.75) is 6.54 Å². The van der Waals surface area contributed by atoms with Crippen molar-refractivity contribution in [2.75, 3.05) is 26.0 Å². The van der Waals surface area contributed by atoms with Gasteiger partial charge < -0.3 is 10.1 Å². The van der Waals surface area contributed by atoms with Gasteiger partial charge in [0, 0.05) is 22.3 Å². The highest BCUT2D eigenvalue weighted by molar-refractivity contribution is 9.10. The molecular weight excluding hydrogens is 391 g/mol. The zero-order chi connectivity index (χ0) is 18.4. The summed E-state index contributed by atoms with van der Waals surface area (Å²) in [6.07, 6.45) is 0. The van der Waals surface area contributed by atoms with Crippen LogP contribution < -0.4 is 5.32 Å². The summed E-state index contributed by atoms with van der Waals surface area (Å²) in [6.45, 7) is 0.407. The topological polar surface area (TPSA) is 58.6 Å². The fourth-order valence-corrected chi connectivity index (χ4v) is 2.67. The van der Waals surface area contributed by atoms with Crippen LogP contribution in [-0.2, 0) is 16.1 Å². The normalized spacial score (nSPS) is 10.6. The third-order valence-corrected chi connectivity index (χ3v) is 3.94. The van der Waals surface area contributed by atoms with Crippen LogP contribution in [0.1, 0.15) is 15.9 Å². The number of nitrogens with one attached hydrogen (secondary N) is 1. The number of methoxy groups -OCH3 is 1. The van der Waals surface area contributed by atoms with E-state index in [0.29, 0.717) is 23.4 Å². The highest BCUT2D eigenvalue weighted by Gasteiger charge is 2.11. The van der Waals surface area contributed by atoms with Crippen molar-refractivity contribution in [3.8, 4) is 0 Å². The molecule has 0 saturated carbocycles. The summed E-state index contributed by atoms with van der Waals surface area (Å²) in [5.74, 6) is -0.980. The Hall–Kier alpha value is -2.25. The predicted molar refractivity (Wildman–Crippen MR) is 96.8 cm³/mol. The molecule has 0 spiro atoms. The Morgan fingerprint density at radius 2 is 1.88 bits per heavy atom. The van der Waals surface area contributed by atoms with E-state index in [2.05, 4.69) is 26.0 Å². The van der Waals surface area contributed by atoms with E-state index >= 15 is 0 Å². The van der Waals surface area contributed by atoms with Gasteiger partial charge in [-0.25, -0.2) is 9.18 Å². The van der Waals surface area contributed by atoms with E-state index in [-0.39, 0.29) is 18.3 Å². The van der Waals surface area contributed by atoms with Crippen LogP contribution in [0.15, 0.2) is 46.9 Å². The lowest BCUT2D eigenvalue weighted by Gasteiger charge is -2.17. The zero-order valence-electron chi connectivity index (χ0n) is 13.9. The number of hydrogen-bond donors (Lipinski definition) is 1. The van der Waals surface area contributed by atoms with E-state index in [1.54, 1.807) is 48.3 Å². The van der Waals surface area contributed by atoms with Crippen LogP contribution in [0.2, 0.25) is 0 Å². The van der Waals surface area contributed by atoms with Crippen molar-refractivity contribution in [3.05, 3.63) is 63.9 Å². The Morgan fingerprint density at radius 1 is 1.20 bits per heavy atom. The van der Waals surface area contributed by atoms with Gasteiger partial charge in [-0.15, -0.1) is 0 Å². The number of carbonyl (C=O) groups excluding carboxylic acids is 2. The van der Waals surface area contributed by atoms with Gasteiger partial charge in [0.05, 0.1) is 19.2 Å². The average molecular weight is 409 g/mol. The Balaban J connectivity index is 1.91. The molecule has 0 radical (unpaired) electrons. The second-order valence-corrected chi connectivity index (χ2v) is 6.44. The standard InChI is InChI=1S/C18H18BrFN2O3/c1-22(10-13-9-14(19)5-8-16(13)20)11-17(23)21-15-6-3-12(4-7-15)18(24)25-2/h3-9H,10-11H2,1-2H3,(H,21,23). The number of nitrogens with zero attached hydrogens (tertiary/aromatic N) is 1. The van der Waals surface area contributed by atoms with Gasteiger partial charge in [-0.1, -0.05) is 15.9 Å². The summed E-state index contributed by atoms with van der Waals surface area (Å²) in [4.78, 5) is 25.2. The van der Waals surface area contributed by atoms with Gasteiger partial charge in [-0.05, 0) is 49.5 Å². The maximum absolute atomic E-state index is 13.8. The number of amides is 1. The first-order valence-electron chi connectivity index (χ1n) is 7.49. The van der Waals surface area contributed by atoms with Gasteiger partial charge in [-0.2, -0.15) is 0 Å². The molecule has 0 aliphatic carbocycles. The molecule has 0 fully saturated rings. The highest BCUT2D eigenvalue weighted by Crippen LogP contribution is 2.17. The summed E-state index contributed by atoms with van der Waals surface area (Å²) >= 11 is 3.31. The fourth-order valence-electron chi connectivity index (χ4n) is 2.26. The number of ether oxygens (including phenoxy) is 1. The maximum Gasteiger partial charge on any atom is 0.337 e. The number of benzene rings is 2. The first-order chi connectivity index (χ1) is 11.9. The smallest absolute Gasteiger partial charge is 0.337 e. The number of esters is 1. The largest absolute Gasteiger partial charge is 0.465 e. The molecule has 25 heavy (non-hydrogen) atoms. The zero-order valence-corrected chi connectivity index (χ0v) is 15.5. The van der Waals surface area contributed by atoms with Gasteiger partial charge in [-0.3, -0.25) is 9.69 Å². The maximum atomic E-state index is 13.8. The van der Waals surface area contributed by atoms with Gasteiger partial charge in [0.15, 0.2) is 0 Å². The predicted octanol–water partition coefficient (Wildman–Crippen LogP) is 3.45. The lowest BCUT2D eigenvalue weighted by atomic mass is 10.2. The number of likely N-dealkylation sites (N-methyl/N-ethyl adjacent to an activating group) is 1. The molecule has 5 nitrogen and oxygen atoms in total. The van der Waals surface area contributed by atoms with E-state index in [1.807, 2.05) is 0 Å². The van der Waals surface area contributed by atoms with Crippen molar-refractivity contribution in [3.63, 3.8) is 0 Å². The molecule has 132 valence electrons. The number of carbonyl (C=O) groups is 2. The number of halogens is 2. The molecule has 2 rings (SSSR count). The van der Waals surface area contributed by atoms with Gasteiger partial charge in [0.2, 0.25) is 5.91 Å². The highest BCUT2D eigenvalue weighted by atomic mass is 79.9. The molecule has 0 aliphatic heterocycles. The minimum absolute atomic E-state index is 0.102. The summed E-state index contributed by atoms with van der Waals surface area (Å²) in [5, 5.41) is 2.73. The van der Waals surface area contributed by atoms with Crippen LogP contribution in [0, 0.1) is 5.82 Å². The summed E-state index contributed by atoms with van der Waals surface area (Å²) in [5.41, 5.74) is 1.48. The third-order valence-electron chi connectivity index (χ3n) is 3.45. The van der Waals surface area contributed by atoms with E-state index < -0.39 is 5.97 Å². The molecule has 2 aromatic rings. The van der Waals surface area contributed by atoms with Crippen LogP contribution in [0.3, 0.4) is 0 Å². The number of rotatable bonds is 6. The molecule has 0 unspecified atom stereocenters. The molecule has 1 amide bonds. The first kappa shape index (κ1) is 19.1. The second kappa shape index (κ2) is 8.73. The monoisotopic (exact) mass is 408 g/mol. The van der Waals surface area contributed by atoms with Crippen LogP contribution in [0.5, 0.6) is 0 Å². The molecule has 7 heteroatoms. The van der Waals surface area contributed by atoms with Crippen molar-refractivity contribution < 1.29 is 18.7 Å². The minimum atomic E-state index is -0.436. The van der Waals surface area contributed by atoms with E-state index in [0.717, 1.165) is 4.47 Å². The van der Waals surface area contributed by atoms with E-state index in [9.17, 15) is 14.0 Å². The van der Waals surface area contributed by atoms with Crippen molar-refractivity contribution in [1.82, 2.24) is 4.90 Å². The number of hydrogen-bond acceptors (Lipinski definition) is 4. The van der Waals surface area contributed by atoms with Crippen LogP contribution in [0.25, 0.3) is 0 Å². The molecular formula is C18H18BrFN2O3. The Morgan fingerprint density at radius 3 is 2.52 bits per heavy atom. The minimum Gasteiger partial charge on any atom is -0.465 e. The van der Waals surface area contributed by atoms with Gasteiger partial charge in [0.1, 0.15) is 5.82 Å². The molecule has 0 atom stereocenters. The van der Waals surface area contributed by atoms with Crippen molar-refractivity contribution in [2.24, 2.45) is 0 Å². The van der Waals surface area contributed by atoms with Crippen molar-refractivity contribution >= 4 is 33.5 Å². The Labute approximate surface area is 153 Å². The first-order valence-corrected chi connectivity index (χ1v) is 8.29. The van der Waals surface area contributed by atoms with E-state index in [1.165, 1.54) is 13.2 Å². The molecule has 0 bridgehead atoms. The van der Waals surface area contributed by atoms with Gasteiger partial charge in [0.25, 0.3) is 0 Å². The Kier molecular flexibility index (Phi) is 6.66. The van der Waals surface area contributed by atoms with E-state index in [4.69, 9.17) is 0 Å². The average Bonchev–Trinajstić information content (AvgIpc) is 2.58.